The van der Waals surface area contributed by atoms with Gasteiger partial charge in [0, 0.05) is 55.8 Å². The van der Waals surface area contributed by atoms with Crippen molar-refractivity contribution in [3.63, 3.8) is 0 Å². The highest BCUT2D eigenvalue weighted by atomic mass is 79.9. The Morgan fingerprint density at radius 3 is 2.34 bits per heavy atom. The van der Waals surface area contributed by atoms with E-state index in [-0.39, 0.29) is 30.7 Å². The molecule has 2 saturated heterocycles. The Labute approximate surface area is 196 Å². The van der Waals surface area contributed by atoms with Crippen LogP contribution in [0.15, 0.2) is 59.1 Å². The van der Waals surface area contributed by atoms with E-state index in [0.29, 0.717) is 26.1 Å². The molecule has 0 aliphatic carbocycles. The van der Waals surface area contributed by atoms with Crippen molar-refractivity contribution < 1.29 is 14.4 Å². The van der Waals surface area contributed by atoms with Crippen LogP contribution in [-0.4, -0.2) is 61.9 Å². The summed E-state index contributed by atoms with van der Waals surface area (Å²) in [5.41, 5.74) is 1.95. The van der Waals surface area contributed by atoms with Crippen LogP contribution in [0, 0.1) is 5.92 Å². The first kappa shape index (κ1) is 22.3. The van der Waals surface area contributed by atoms with Crippen LogP contribution in [0.2, 0.25) is 0 Å². The third-order valence-corrected chi connectivity index (χ3v) is 6.73. The number of nitrogens with zero attached hydrogens (tertiary/aromatic N) is 3. The molecule has 2 aliphatic heterocycles. The van der Waals surface area contributed by atoms with Crippen molar-refractivity contribution in [2.24, 2.45) is 5.92 Å². The molecular weight excluding hydrogens is 472 g/mol. The summed E-state index contributed by atoms with van der Waals surface area (Å²) in [5.74, 6) is -1.17. The fourth-order valence-corrected chi connectivity index (χ4v) is 4.76. The van der Waals surface area contributed by atoms with Gasteiger partial charge in [0.05, 0.1) is 5.69 Å². The molecule has 4 rings (SSSR count). The smallest absolute Gasteiger partial charge is 0.239 e. The number of halogens is 1. The molecule has 1 N–H and O–H groups in total. The van der Waals surface area contributed by atoms with Gasteiger partial charge in [0.25, 0.3) is 0 Å². The molecule has 0 saturated carbocycles. The zero-order chi connectivity index (χ0) is 22.5. The SMILES string of the molecule is O=C(NCCC(=O)N1CCN(c2ccccc2)CC1)C1CCN(c2ccccc2Br)C1=O. The number of rotatable bonds is 6. The summed E-state index contributed by atoms with van der Waals surface area (Å²) >= 11 is 3.46. The molecule has 32 heavy (non-hydrogen) atoms. The molecule has 0 aromatic heterocycles. The molecule has 3 amide bonds. The Morgan fingerprint density at radius 2 is 1.62 bits per heavy atom. The lowest BCUT2D eigenvalue weighted by Crippen LogP contribution is -2.49. The van der Waals surface area contributed by atoms with E-state index < -0.39 is 5.92 Å². The minimum absolute atomic E-state index is 0.0330. The summed E-state index contributed by atoms with van der Waals surface area (Å²) < 4.78 is 0.826. The van der Waals surface area contributed by atoms with Crippen molar-refractivity contribution in [1.29, 1.82) is 0 Å². The first-order valence-electron chi connectivity index (χ1n) is 11.0. The lowest BCUT2D eigenvalue weighted by atomic mass is 10.1. The Kier molecular flexibility index (Phi) is 7.09. The fraction of sp³-hybridized carbons (Fsp3) is 0.375. The summed E-state index contributed by atoms with van der Waals surface area (Å²) in [6.07, 6.45) is 0.716. The zero-order valence-corrected chi connectivity index (χ0v) is 19.5. The Balaban J connectivity index is 1.21. The number of para-hydroxylation sites is 2. The summed E-state index contributed by atoms with van der Waals surface area (Å²) in [4.78, 5) is 43.7. The number of hydrogen-bond donors (Lipinski definition) is 1. The van der Waals surface area contributed by atoms with Gasteiger partial charge in [0.2, 0.25) is 17.7 Å². The predicted molar refractivity (Wildman–Crippen MR) is 127 cm³/mol. The zero-order valence-electron chi connectivity index (χ0n) is 17.9. The van der Waals surface area contributed by atoms with Crippen molar-refractivity contribution in [2.75, 3.05) is 49.1 Å². The second kappa shape index (κ2) is 10.2. The highest BCUT2D eigenvalue weighted by Gasteiger charge is 2.38. The molecule has 7 nitrogen and oxygen atoms in total. The number of carbonyl (C=O) groups is 3. The summed E-state index contributed by atoms with van der Waals surface area (Å²) in [7, 11) is 0. The summed E-state index contributed by atoms with van der Waals surface area (Å²) in [6.45, 7) is 3.68. The largest absolute Gasteiger partial charge is 0.368 e. The maximum atomic E-state index is 12.8. The Bertz CT molecular complexity index is 976. The third kappa shape index (κ3) is 4.96. The van der Waals surface area contributed by atoms with Crippen molar-refractivity contribution >= 4 is 45.0 Å². The molecule has 0 bridgehead atoms. The standard InChI is InChI=1S/C24H27BrN4O3/c25-20-8-4-5-9-21(20)29-13-11-19(24(29)32)23(31)26-12-10-22(30)28-16-14-27(15-17-28)18-6-2-1-3-7-18/h1-9,19H,10-17H2,(H,26,31). The maximum absolute atomic E-state index is 12.8. The average molecular weight is 499 g/mol. The Hall–Kier alpha value is -2.87. The van der Waals surface area contributed by atoms with Gasteiger partial charge < -0.3 is 20.0 Å². The highest BCUT2D eigenvalue weighted by molar-refractivity contribution is 9.10. The van der Waals surface area contributed by atoms with E-state index in [1.165, 1.54) is 5.69 Å². The van der Waals surface area contributed by atoms with Crippen LogP contribution < -0.4 is 15.1 Å². The number of benzene rings is 2. The van der Waals surface area contributed by atoms with Crippen molar-refractivity contribution in [3.05, 3.63) is 59.1 Å². The molecule has 168 valence electrons. The van der Waals surface area contributed by atoms with E-state index in [1.54, 1.807) is 4.90 Å². The van der Waals surface area contributed by atoms with Gasteiger partial charge in [-0.2, -0.15) is 0 Å². The summed E-state index contributed by atoms with van der Waals surface area (Å²) in [5, 5.41) is 2.79. The van der Waals surface area contributed by atoms with Crippen LogP contribution in [0.1, 0.15) is 12.8 Å². The second-order valence-corrected chi connectivity index (χ2v) is 8.88. The molecule has 1 unspecified atom stereocenters. The molecule has 1 atom stereocenters. The van der Waals surface area contributed by atoms with Crippen LogP contribution >= 0.6 is 15.9 Å². The van der Waals surface area contributed by atoms with Crippen LogP contribution in [-0.2, 0) is 14.4 Å². The average Bonchev–Trinajstić information content (AvgIpc) is 3.21. The molecule has 0 radical (unpaired) electrons. The first-order valence-corrected chi connectivity index (χ1v) is 11.8. The number of piperazine rings is 1. The minimum atomic E-state index is -0.702. The lowest BCUT2D eigenvalue weighted by Gasteiger charge is -2.36. The molecule has 2 heterocycles. The first-order chi connectivity index (χ1) is 15.5. The molecule has 2 fully saturated rings. The Morgan fingerprint density at radius 1 is 0.938 bits per heavy atom. The van der Waals surface area contributed by atoms with E-state index in [2.05, 4.69) is 38.3 Å². The van der Waals surface area contributed by atoms with E-state index in [1.807, 2.05) is 47.4 Å². The van der Waals surface area contributed by atoms with Crippen molar-refractivity contribution in [3.8, 4) is 0 Å². The molecule has 2 aromatic carbocycles. The van der Waals surface area contributed by atoms with Gasteiger partial charge in [-0.05, 0) is 46.6 Å². The quantitative estimate of drug-likeness (QED) is 0.621. The van der Waals surface area contributed by atoms with Gasteiger partial charge in [-0.1, -0.05) is 30.3 Å². The van der Waals surface area contributed by atoms with E-state index >= 15 is 0 Å². The molecule has 2 aromatic rings. The van der Waals surface area contributed by atoms with Crippen molar-refractivity contribution in [2.45, 2.75) is 12.8 Å². The van der Waals surface area contributed by atoms with Gasteiger partial charge >= 0.3 is 0 Å². The molecular formula is C24H27BrN4O3. The van der Waals surface area contributed by atoms with Crippen LogP contribution in [0.5, 0.6) is 0 Å². The van der Waals surface area contributed by atoms with E-state index in [4.69, 9.17) is 0 Å². The topological polar surface area (TPSA) is 73.0 Å². The number of carbonyl (C=O) groups excluding carboxylic acids is 3. The van der Waals surface area contributed by atoms with Gasteiger partial charge in [0.15, 0.2) is 0 Å². The number of nitrogens with one attached hydrogen (secondary N) is 1. The van der Waals surface area contributed by atoms with Gasteiger partial charge in [-0.25, -0.2) is 0 Å². The minimum Gasteiger partial charge on any atom is -0.368 e. The maximum Gasteiger partial charge on any atom is 0.239 e. The number of hydrogen-bond acceptors (Lipinski definition) is 4. The third-order valence-electron chi connectivity index (χ3n) is 6.06. The van der Waals surface area contributed by atoms with Gasteiger partial charge in [-0.3, -0.25) is 14.4 Å². The molecule has 0 spiro atoms. The lowest BCUT2D eigenvalue weighted by molar-refractivity contribution is -0.132. The fourth-order valence-electron chi connectivity index (χ4n) is 4.26. The highest BCUT2D eigenvalue weighted by Crippen LogP contribution is 2.31. The predicted octanol–water partition coefficient (Wildman–Crippen LogP) is 2.66. The number of amides is 3. The number of anilines is 2. The summed E-state index contributed by atoms with van der Waals surface area (Å²) in [6, 6.07) is 17.7. The van der Waals surface area contributed by atoms with Gasteiger partial charge in [-0.15, -0.1) is 0 Å². The van der Waals surface area contributed by atoms with Crippen LogP contribution in [0.3, 0.4) is 0 Å². The van der Waals surface area contributed by atoms with Gasteiger partial charge in [0.1, 0.15) is 5.92 Å². The second-order valence-electron chi connectivity index (χ2n) is 8.03. The van der Waals surface area contributed by atoms with E-state index in [0.717, 1.165) is 23.2 Å². The molecule has 2 aliphatic rings. The van der Waals surface area contributed by atoms with Crippen LogP contribution in [0.25, 0.3) is 0 Å². The van der Waals surface area contributed by atoms with Crippen LogP contribution in [0.4, 0.5) is 11.4 Å². The normalized spacial score (nSPS) is 18.7. The van der Waals surface area contributed by atoms with Crippen molar-refractivity contribution in [1.82, 2.24) is 10.2 Å². The molecule has 8 heteroatoms. The van der Waals surface area contributed by atoms with E-state index in [9.17, 15) is 14.4 Å². The monoisotopic (exact) mass is 498 g/mol.